The van der Waals surface area contributed by atoms with Crippen molar-refractivity contribution in [2.24, 2.45) is 0 Å². The fraction of sp³-hybridized carbons (Fsp3) is 0.0909. The van der Waals surface area contributed by atoms with Gasteiger partial charge in [-0.3, -0.25) is 19.5 Å². The molecule has 1 aromatic heterocycles. The number of carbonyl (C=O) groups is 1. The number of hydrogen-bond donors (Lipinski definition) is 0. The number of halogens is 3. The van der Waals surface area contributed by atoms with E-state index in [1.54, 1.807) is 0 Å². The summed E-state index contributed by atoms with van der Waals surface area (Å²) < 4.78 is 39.0. The largest absolute Gasteiger partial charge is 0.416 e. The van der Waals surface area contributed by atoms with E-state index >= 15 is 0 Å². The van der Waals surface area contributed by atoms with Crippen LogP contribution in [0, 0.1) is 10.1 Å². The standard InChI is InChI=1S/C11H4F3N3O3/c12-11(13,14)5-3-6-10(7(4-5)17(19)20)16-8(15-6)1-2-9(16)18/h1-4H. The molecule has 1 aliphatic rings. The summed E-state index contributed by atoms with van der Waals surface area (Å²) in [5.41, 5.74) is -2.44. The molecule has 6 nitrogen and oxygen atoms in total. The van der Waals surface area contributed by atoms with E-state index in [1.165, 1.54) is 6.08 Å². The molecule has 0 fully saturated rings. The van der Waals surface area contributed by atoms with Gasteiger partial charge in [0.2, 0.25) is 0 Å². The second-order valence-corrected chi connectivity index (χ2v) is 4.09. The van der Waals surface area contributed by atoms with Gasteiger partial charge >= 0.3 is 6.18 Å². The fourth-order valence-corrected chi connectivity index (χ4v) is 2.06. The predicted molar refractivity (Wildman–Crippen MR) is 61.0 cm³/mol. The number of alkyl halides is 3. The van der Waals surface area contributed by atoms with Crippen LogP contribution >= 0.6 is 0 Å². The highest BCUT2D eigenvalue weighted by molar-refractivity contribution is 6.07. The van der Waals surface area contributed by atoms with Gasteiger partial charge in [-0.1, -0.05) is 0 Å². The number of nitro benzene ring substituents is 1. The maximum absolute atomic E-state index is 12.7. The molecule has 9 heteroatoms. The molecular weight excluding hydrogens is 279 g/mol. The maximum atomic E-state index is 12.7. The lowest BCUT2D eigenvalue weighted by atomic mass is 10.1. The average Bonchev–Trinajstić information content (AvgIpc) is 2.86. The zero-order valence-electron chi connectivity index (χ0n) is 9.51. The highest BCUT2D eigenvalue weighted by Gasteiger charge is 2.35. The summed E-state index contributed by atoms with van der Waals surface area (Å²) in [7, 11) is 0. The Kier molecular flexibility index (Phi) is 2.25. The van der Waals surface area contributed by atoms with E-state index in [1.807, 2.05) is 0 Å². The molecule has 0 amide bonds. The molecule has 102 valence electrons. The molecule has 0 radical (unpaired) electrons. The Bertz CT molecular complexity index is 805. The normalized spacial score (nSPS) is 14.1. The molecule has 0 atom stereocenters. The van der Waals surface area contributed by atoms with Crippen LogP contribution in [0.3, 0.4) is 0 Å². The molecule has 1 aromatic carbocycles. The number of aromatic nitrogens is 2. The maximum Gasteiger partial charge on any atom is 0.416 e. The van der Waals surface area contributed by atoms with Gasteiger partial charge in [-0.2, -0.15) is 13.2 Å². The molecule has 0 N–H and O–H groups in total. The number of imidazole rings is 1. The molecular formula is C11H4F3N3O3. The van der Waals surface area contributed by atoms with Crippen LogP contribution in [0.5, 0.6) is 0 Å². The SMILES string of the molecule is O=C1C=Cc2nc3cc(C(F)(F)F)cc([N+](=O)[O-])c3n21. The Labute approximate surface area is 108 Å². The number of allylic oxidation sites excluding steroid dienone is 1. The summed E-state index contributed by atoms with van der Waals surface area (Å²) in [4.78, 5) is 25.4. The van der Waals surface area contributed by atoms with Crippen molar-refractivity contribution in [1.82, 2.24) is 9.55 Å². The topological polar surface area (TPSA) is 78.0 Å². The second kappa shape index (κ2) is 3.65. The Morgan fingerprint density at radius 3 is 2.55 bits per heavy atom. The average molecular weight is 283 g/mol. The summed E-state index contributed by atoms with van der Waals surface area (Å²) in [6.07, 6.45) is -2.30. The minimum atomic E-state index is -4.73. The lowest BCUT2D eigenvalue weighted by Gasteiger charge is -2.07. The molecule has 3 rings (SSSR count). The van der Waals surface area contributed by atoms with Crippen molar-refractivity contribution >= 4 is 28.7 Å². The Balaban J connectivity index is 2.42. The van der Waals surface area contributed by atoms with Crippen molar-refractivity contribution in [1.29, 1.82) is 0 Å². The van der Waals surface area contributed by atoms with Gasteiger partial charge < -0.3 is 0 Å². The van der Waals surface area contributed by atoms with E-state index in [2.05, 4.69) is 4.98 Å². The van der Waals surface area contributed by atoms with Crippen molar-refractivity contribution < 1.29 is 22.9 Å². The van der Waals surface area contributed by atoms with E-state index < -0.39 is 28.3 Å². The van der Waals surface area contributed by atoms with E-state index in [9.17, 15) is 28.1 Å². The van der Waals surface area contributed by atoms with Crippen LogP contribution in [0.2, 0.25) is 0 Å². The van der Waals surface area contributed by atoms with Crippen molar-refractivity contribution in [3.63, 3.8) is 0 Å². The van der Waals surface area contributed by atoms with Crippen LogP contribution in [-0.4, -0.2) is 20.4 Å². The Hall–Kier alpha value is -2.71. The summed E-state index contributed by atoms with van der Waals surface area (Å²) >= 11 is 0. The smallest absolute Gasteiger partial charge is 0.269 e. The van der Waals surface area contributed by atoms with Crippen LogP contribution in [0.25, 0.3) is 17.1 Å². The van der Waals surface area contributed by atoms with Gasteiger partial charge in [0.1, 0.15) is 5.82 Å². The van der Waals surface area contributed by atoms with Gasteiger partial charge in [0.05, 0.1) is 16.0 Å². The van der Waals surface area contributed by atoms with E-state index in [4.69, 9.17) is 0 Å². The first-order valence-corrected chi connectivity index (χ1v) is 5.29. The van der Waals surface area contributed by atoms with Gasteiger partial charge in [-0.25, -0.2) is 4.98 Å². The molecule has 2 aromatic rings. The summed E-state index contributed by atoms with van der Waals surface area (Å²) in [6.45, 7) is 0. The lowest BCUT2D eigenvalue weighted by molar-refractivity contribution is -0.383. The number of hydrogen-bond acceptors (Lipinski definition) is 4. The van der Waals surface area contributed by atoms with Crippen molar-refractivity contribution in [3.05, 3.63) is 39.7 Å². The third-order valence-electron chi connectivity index (χ3n) is 2.88. The van der Waals surface area contributed by atoms with E-state index in [-0.39, 0.29) is 16.9 Å². The lowest BCUT2D eigenvalue weighted by Crippen LogP contribution is -2.08. The molecule has 2 heterocycles. The van der Waals surface area contributed by atoms with Crippen LogP contribution in [-0.2, 0) is 6.18 Å². The molecule has 1 aliphatic heterocycles. The number of nitro groups is 1. The van der Waals surface area contributed by atoms with Crippen molar-refractivity contribution in [3.8, 4) is 0 Å². The third kappa shape index (κ3) is 1.59. The van der Waals surface area contributed by atoms with Gasteiger partial charge in [-0.05, 0) is 12.1 Å². The molecule has 0 saturated carbocycles. The summed E-state index contributed by atoms with van der Waals surface area (Å²) in [6, 6.07) is 1.09. The number of rotatable bonds is 1. The molecule has 0 unspecified atom stereocenters. The van der Waals surface area contributed by atoms with Crippen molar-refractivity contribution in [2.45, 2.75) is 6.18 Å². The zero-order chi connectivity index (χ0) is 14.7. The van der Waals surface area contributed by atoms with Gasteiger partial charge in [0.15, 0.2) is 5.52 Å². The van der Waals surface area contributed by atoms with Crippen LogP contribution in [0.1, 0.15) is 16.2 Å². The summed E-state index contributed by atoms with van der Waals surface area (Å²) in [5, 5.41) is 11.0. The fourth-order valence-electron chi connectivity index (χ4n) is 2.06. The molecule has 0 spiro atoms. The second-order valence-electron chi connectivity index (χ2n) is 4.09. The molecule has 0 bridgehead atoms. The number of fused-ring (bicyclic) bond motifs is 3. The number of nitrogens with zero attached hydrogens (tertiary/aromatic N) is 3. The highest BCUT2D eigenvalue weighted by atomic mass is 19.4. The van der Waals surface area contributed by atoms with E-state index in [0.717, 1.165) is 10.6 Å². The summed E-state index contributed by atoms with van der Waals surface area (Å²) in [5.74, 6) is -0.502. The van der Waals surface area contributed by atoms with Crippen LogP contribution < -0.4 is 0 Å². The minimum Gasteiger partial charge on any atom is -0.269 e. The predicted octanol–water partition coefficient (Wildman–Crippen LogP) is 2.63. The highest BCUT2D eigenvalue weighted by Crippen LogP contribution is 2.37. The quantitative estimate of drug-likeness (QED) is 0.595. The minimum absolute atomic E-state index is 0.0763. The van der Waals surface area contributed by atoms with Gasteiger partial charge in [-0.15, -0.1) is 0 Å². The monoisotopic (exact) mass is 283 g/mol. The number of benzene rings is 1. The first kappa shape index (κ1) is 12.3. The third-order valence-corrected chi connectivity index (χ3v) is 2.88. The number of carbonyl (C=O) groups excluding carboxylic acids is 1. The van der Waals surface area contributed by atoms with Gasteiger partial charge in [0, 0.05) is 12.1 Å². The van der Waals surface area contributed by atoms with Crippen LogP contribution in [0.15, 0.2) is 18.2 Å². The van der Waals surface area contributed by atoms with Gasteiger partial charge in [0.25, 0.3) is 11.6 Å². The van der Waals surface area contributed by atoms with Crippen molar-refractivity contribution in [2.75, 3.05) is 0 Å². The van der Waals surface area contributed by atoms with E-state index in [0.29, 0.717) is 12.1 Å². The van der Waals surface area contributed by atoms with Crippen LogP contribution in [0.4, 0.5) is 18.9 Å². The Morgan fingerprint density at radius 1 is 1.25 bits per heavy atom. The Morgan fingerprint density at radius 2 is 1.95 bits per heavy atom. The molecule has 0 aliphatic carbocycles. The molecule has 20 heavy (non-hydrogen) atoms. The zero-order valence-corrected chi connectivity index (χ0v) is 9.51. The number of non-ortho nitro benzene ring substituents is 1. The molecule has 0 saturated heterocycles. The first-order valence-electron chi connectivity index (χ1n) is 5.29. The first-order chi connectivity index (χ1) is 9.29.